The molecule has 0 aromatic heterocycles. The highest BCUT2D eigenvalue weighted by Gasteiger charge is 2.35. The smallest absolute Gasteiger partial charge is 0.227 e. The zero-order chi connectivity index (χ0) is 17.1. The maximum Gasteiger partial charge on any atom is 0.227 e. The summed E-state index contributed by atoms with van der Waals surface area (Å²) in [7, 11) is 0. The Hall–Kier alpha value is -2.40. The number of nitrogens with zero attached hydrogens (tertiary/aromatic N) is 1. The summed E-state index contributed by atoms with van der Waals surface area (Å²) in [5.41, 5.74) is 1.50. The number of carbonyl (C=O) groups is 2. The molecule has 3 rings (SSSR count). The van der Waals surface area contributed by atoms with Crippen molar-refractivity contribution in [3.05, 3.63) is 64.9 Å². The second-order valence-corrected chi connectivity index (χ2v) is 6.17. The monoisotopic (exact) mass is 346 g/mol. The average Bonchev–Trinajstić information content (AvgIpc) is 2.96. The fraction of sp³-hybridized carbons (Fsp3) is 0.222. The van der Waals surface area contributed by atoms with E-state index in [0.29, 0.717) is 23.8 Å². The van der Waals surface area contributed by atoms with Gasteiger partial charge in [-0.2, -0.15) is 0 Å². The van der Waals surface area contributed by atoms with Crippen LogP contribution in [0.2, 0.25) is 5.02 Å². The molecule has 124 valence electrons. The van der Waals surface area contributed by atoms with E-state index in [-0.39, 0.29) is 24.1 Å². The van der Waals surface area contributed by atoms with E-state index in [1.807, 2.05) is 0 Å². The molecule has 24 heavy (non-hydrogen) atoms. The van der Waals surface area contributed by atoms with Gasteiger partial charge in [0.1, 0.15) is 5.82 Å². The molecular weight excluding hydrogens is 331 g/mol. The number of hydrogen-bond donors (Lipinski definition) is 1. The van der Waals surface area contributed by atoms with Gasteiger partial charge in [0, 0.05) is 30.2 Å². The molecule has 0 saturated carbocycles. The molecule has 0 radical (unpaired) electrons. The first-order valence-electron chi connectivity index (χ1n) is 7.61. The first-order chi connectivity index (χ1) is 11.5. The zero-order valence-corrected chi connectivity index (χ0v) is 13.6. The predicted octanol–water partition coefficient (Wildman–Crippen LogP) is 3.15. The highest BCUT2D eigenvalue weighted by molar-refractivity contribution is 6.30. The molecule has 4 nitrogen and oxygen atoms in total. The molecule has 1 atom stereocenters. The highest BCUT2D eigenvalue weighted by atomic mass is 35.5. The number of anilines is 1. The molecule has 1 aliphatic heterocycles. The second kappa shape index (κ2) is 7.01. The van der Waals surface area contributed by atoms with E-state index in [1.54, 1.807) is 41.3 Å². The van der Waals surface area contributed by atoms with Crippen molar-refractivity contribution in [1.29, 1.82) is 0 Å². The molecule has 2 aromatic carbocycles. The van der Waals surface area contributed by atoms with Gasteiger partial charge in [0.15, 0.2) is 0 Å². The van der Waals surface area contributed by atoms with Crippen molar-refractivity contribution < 1.29 is 14.0 Å². The van der Waals surface area contributed by atoms with Crippen LogP contribution in [-0.4, -0.2) is 18.4 Å². The van der Waals surface area contributed by atoms with Crippen LogP contribution in [0, 0.1) is 11.7 Å². The van der Waals surface area contributed by atoms with Crippen LogP contribution in [0.3, 0.4) is 0 Å². The summed E-state index contributed by atoms with van der Waals surface area (Å²) < 4.78 is 12.9. The molecule has 2 amide bonds. The molecular formula is C18H16ClFN2O2. The first-order valence-corrected chi connectivity index (χ1v) is 7.99. The predicted molar refractivity (Wildman–Crippen MR) is 90.2 cm³/mol. The van der Waals surface area contributed by atoms with Gasteiger partial charge >= 0.3 is 0 Å². The van der Waals surface area contributed by atoms with E-state index in [2.05, 4.69) is 5.32 Å². The van der Waals surface area contributed by atoms with Crippen LogP contribution >= 0.6 is 11.6 Å². The molecule has 0 aliphatic carbocycles. The average molecular weight is 347 g/mol. The van der Waals surface area contributed by atoms with Crippen LogP contribution in [0.1, 0.15) is 12.0 Å². The largest absolute Gasteiger partial charge is 0.352 e. The van der Waals surface area contributed by atoms with Crippen molar-refractivity contribution >= 4 is 29.1 Å². The van der Waals surface area contributed by atoms with Crippen molar-refractivity contribution in [1.82, 2.24) is 5.32 Å². The Labute approximate surface area is 144 Å². The van der Waals surface area contributed by atoms with E-state index in [1.165, 1.54) is 12.1 Å². The Morgan fingerprint density at radius 1 is 1.25 bits per heavy atom. The Bertz CT molecular complexity index is 764. The van der Waals surface area contributed by atoms with E-state index >= 15 is 0 Å². The minimum absolute atomic E-state index is 0.0980. The van der Waals surface area contributed by atoms with Gasteiger partial charge in [-0.15, -0.1) is 0 Å². The standard InChI is InChI=1S/C18H16ClFN2O2/c19-14-2-1-3-16(9-14)22-11-13(8-17(22)23)18(24)21-10-12-4-6-15(20)7-5-12/h1-7,9,13H,8,10-11H2,(H,21,24). The van der Waals surface area contributed by atoms with Crippen molar-refractivity contribution in [2.24, 2.45) is 5.92 Å². The third-order valence-corrected chi connectivity index (χ3v) is 4.23. The summed E-state index contributed by atoms with van der Waals surface area (Å²) >= 11 is 5.95. The van der Waals surface area contributed by atoms with Crippen molar-refractivity contribution in [3.8, 4) is 0 Å². The quantitative estimate of drug-likeness (QED) is 0.924. The number of carbonyl (C=O) groups excluding carboxylic acids is 2. The number of halogens is 2. The van der Waals surface area contributed by atoms with Gasteiger partial charge in [-0.3, -0.25) is 9.59 Å². The fourth-order valence-electron chi connectivity index (χ4n) is 2.71. The van der Waals surface area contributed by atoms with E-state index in [9.17, 15) is 14.0 Å². The van der Waals surface area contributed by atoms with Crippen LogP contribution < -0.4 is 10.2 Å². The van der Waals surface area contributed by atoms with E-state index < -0.39 is 5.92 Å². The molecule has 1 N–H and O–H groups in total. The van der Waals surface area contributed by atoms with Gasteiger partial charge in [0.25, 0.3) is 0 Å². The normalized spacial score (nSPS) is 17.2. The van der Waals surface area contributed by atoms with E-state index in [4.69, 9.17) is 11.6 Å². The van der Waals surface area contributed by atoms with Crippen LogP contribution in [0.4, 0.5) is 10.1 Å². The lowest BCUT2D eigenvalue weighted by Gasteiger charge is -2.17. The first kappa shape index (κ1) is 16.5. The lowest BCUT2D eigenvalue weighted by Crippen LogP contribution is -2.32. The van der Waals surface area contributed by atoms with Gasteiger partial charge in [0.2, 0.25) is 11.8 Å². The Morgan fingerprint density at radius 3 is 2.71 bits per heavy atom. The number of nitrogens with one attached hydrogen (secondary N) is 1. The SMILES string of the molecule is O=C(NCc1ccc(F)cc1)C1CC(=O)N(c2cccc(Cl)c2)C1. The molecule has 2 aromatic rings. The number of hydrogen-bond acceptors (Lipinski definition) is 2. The molecule has 0 bridgehead atoms. The summed E-state index contributed by atoms with van der Waals surface area (Å²) in [6.45, 7) is 0.634. The number of rotatable bonds is 4. The summed E-state index contributed by atoms with van der Waals surface area (Å²) in [6, 6.07) is 12.9. The summed E-state index contributed by atoms with van der Waals surface area (Å²) in [5.74, 6) is -1.00. The lowest BCUT2D eigenvalue weighted by atomic mass is 10.1. The second-order valence-electron chi connectivity index (χ2n) is 5.73. The van der Waals surface area contributed by atoms with Crippen LogP contribution in [0.25, 0.3) is 0 Å². The van der Waals surface area contributed by atoms with Gasteiger partial charge in [-0.25, -0.2) is 4.39 Å². The molecule has 1 heterocycles. The highest BCUT2D eigenvalue weighted by Crippen LogP contribution is 2.27. The molecule has 1 unspecified atom stereocenters. The van der Waals surface area contributed by atoms with E-state index in [0.717, 1.165) is 5.56 Å². The molecule has 6 heteroatoms. The van der Waals surface area contributed by atoms with Crippen LogP contribution in [0.15, 0.2) is 48.5 Å². The number of amides is 2. The van der Waals surface area contributed by atoms with Gasteiger partial charge in [-0.05, 0) is 35.9 Å². The molecule has 0 spiro atoms. The summed E-state index contributed by atoms with van der Waals surface area (Å²) in [6.07, 6.45) is 0.168. The number of benzene rings is 2. The Kier molecular flexibility index (Phi) is 4.81. The third kappa shape index (κ3) is 3.74. The van der Waals surface area contributed by atoms with Crippen molar-refractivity contribution in [2.75, 3.05) is 11.4 Å². The molecule has 1 saturated heterocycles. The Morgan fingerprint density at radius 2 is 2.00 bits per heavy atom. The van der Waals surface area contributed by atoms with Crippen LogP contribution in [0.5, 0.6) is 0 Å². The van der Waals surface area contributed by atoms with Gasteiger partial charge < -0.3 is 10.2 Å². The topological polar surface area (TPSA) is 49.4 Å². The zero-order valence-electron chi connectivity index (χ0n) is 12.8. The fourth-order valence-corrected chi connectivity index (χ4v) is 2.90. The maximum absolute atomic E-state index is 12.9. The molecule has 1 aliphatic rings. The van der Waals surface area contributed by atoms with Crippen molar-refractivity contribution in [3.63, 3.8) is 0 Å². The lowest BCUT2D eigenvalue weighted by molar-refractivity contribution is -0.126. The summed E-state index contributed by atoms with van der Waals surface area (Å²) in [4.78, 5) is 26.0. The van der Waals surface area contributed by atoms with Crippen LogP contribution in [-0.2, 0) is 16.1 Å². The summed E-state index contributed by atoms with van der Waals surface area (Å²) in [5, 5.41) is 3.34. The van der Waals surface area contributed by atoms with Gasteiger partial charge in [0.05, 0.1) is 5.92 Å². The minimum atomic E-state index is -0.406. The molecule has 1 fully saturated rings. The van der Waals surface area contributed by atoms with Crippen molar-refractivity contribution in [2.45, 2.75) is 13.0 Å². The van der Waals surface area contributed by atoms with Gasteiger partial charge in [-0.1, -0.05) is 29.8 Å². The Balaban J connectivity index is 1.60. The third-order valence-electron chi connectivity index (χ3n) is 4.00. The maximum atomic E-state index is 12.9. The minimum Gasteiger partial charge on any atom is -0.352 e.